The number of aliphatic carboxylic acids is 1. The van der Waals surface area contributed by atoms with E-state index in [0.717, 1.165) is 11.3 Å². The van der Waals surface area contributed by atoms with Gasteiger partial charge in [0, 0.05) is 30.6 Å². The van der Waals surface area contributed by atoms with Gasteiger partial charge in [0.1, 0.15) is 21.8 Å². The highest BCUT2D eigenvalue weighted by molar-refractivity contribution is 7.91. The fourth-order valence-corrected chi connectivity index (χ4v) is 5.88. The van der Waals surface area contributed by atoms with Crippen molar-refractivity contribution in [3.05, 3.63) is 82.6 Å². The number of aryl methyl sites for hydroxylation is 1. The Balaban J connectivity index is 1.56. The highest BCUT2D eigenvalue weighted by atomic mass is 32.2. The lowest BCUT2D eigenvalue weighted by molar-refractivity contribution is -0.138. The van der Waals surface area contributed by atoms with E-state index in [1.807, 2.05) is 0 Å². The third kappa shape index (κ3) is 4.97. The summed E-state index contributed by atoms with van der Waals surface area (Å²) in [5.74, 6) is 3.92. The van der Waals surface area contributed by atoms with E-state index in [2.05, 4.69) is 16.6 Å². The van der Waals surface area contributed by atoms with E-state index in [0.29, 0.717) is 26.9 Å². The summed E-state index contributed by atoms with van der Waals surface area (Å²) in [6, 6.07) is 11.9. The fourth-order valence-electron chi connectivity index (χ4n) is 3.52. The molecule has 0 aliphatic carbocycles. The summed E-state index contributed by atoms with van der Waals surface area (Å²) in [4.78, 5) is 12.3. The molecular weight excluding hydrogens is 479 g/mol. The van der Waals surface area contributed by atoms with Gasteiger partial charge in [-0.25, -0.2) is 12.8 Å². The molecule has 4 aromatic rings. The second kappa shape index (κ2) is 9.30. The monoisotopic (exact) mass is 498 g/mol. The van der Waals surface area contributed by atoms with Crippen molar-refractivity contribution in [2.24, 2.45) is 7.05 Å². The lowest BCUT2D eigenvalue weighted by atomic mass is 10.1. The molecule has 2 aromatic heterocycles. The van der Waals surface area contributed by atoms with Crippen LogP contribution in [0, 0.1) is 17.7 Å². The number of hydrogen-bond acceptors (Lipinski definition) is 5. The standard InChI is InChI=1S/C24H19FN2O5S2/c1-27-14-16(23-20(27)3-2-4-21(23)28)13-19(24(29)30)26-34(31,32)22-12-11-18(33-22)10-7-15-5-8-17(25)9-6-15/h2-6,8-9,11-12,14,19,26,28H,13H2,1H3,(H,29,30). The maximum atomic E-state index is 13.0. The van der Waals surface area contributed by atoms with E-state index in [9.17, 15) is 27.8 Å². The van der Waals surface area contributed by atoms with Crippen LogP contribution in [-0.2, 0) is 28.3 Å². The lowest BCUT2D eigenvalue weighted by Crippen LogP contribution is -2.42. The van der Waals surface area contributed by atoms with Crippen LogP contribution in [0.3, 0.4) is 0 Å². The van der Waals surface area contributed by atoms with E-state index < -0.39 is 22.0 Å². The van der Waals surface area contributed by atoms with E-state index >= 15 is 0 Å². The zero-order valence-corrected chi connectivity index (χ0v) is 19.5. The van der Waals surface area contributed by atoms with Crippen molar-refractivity contribution in [1.82, 2.24) is 9.29 Å². The number of aromatic nitrogens is 1. The molecule has 34 heavy (non-hydrogen) atoms. The number of thiophene rings is 1. The van der Waals surface area contributed by atoms with Crippen LogP contribution in [0.1, 0.15) is 16.0 Å². The molecule has 0 bridgehead atoms. The smallest absolute Gasteiger partial charge is 0.322 e. The van der Waals surface area contributed by atoms with E-state index in [-0.39, 0.29) is 22.2 Å². The summed E-state index contributed by atoms with van der Waals surface area (Å²) in [5.41, 5.74) is 1.77. The number of benzene rings is 2. The Morgan fingerprint density at radius 3 is 2.59 bits per heavy atom. The largest absolute Gasteiger partial charge is 0.507 e. The van der Waals surface area contributed by atoms with Crippen molar-refractivity contribution >= 4 is 38.2 Å². The Hall–Kier alpha value is -3.65. The molecule has 0 aliphatic rings. The average molecular weight is 499 g/mol. The number of nitrogens with zero attached hydrogens (tertiary/aromatic N) is 1. The first-order valence-corrected chi connectivity index (χ1v) is 12.3. The molecule has 174 valence electrons. The van der Waals surface area contributed by atoms with E-state index in [1.165, 1.54) is 42.5 Å². The molecule has 0 radical (unpaired) electrons. The normalized spacial score (nSPS) is 12.3. The van der Waals surface area contributed by atoms with Crippen molar-refractivity contribution in [1.29, 1.82) is 0 Å². The highest BCUT2D eigenvalue weighted by Gasteiger charge is 2.28. The first-order valence-electron chi connectivity index (χ1n) is 10.0. The summed E-state index contributed by atoms with van der Waals surface area (Å²) in [6.45, 7) is 0. The van der Waals surface area contributed by atoms with Gasteiger partial charge in [-0.2, -0.15) is 4.72 Å². The van der Waals surface area contributed by atoms with Gasteiger partial charge in [0.05, 0.1) is 10.4 Å². The van der Waals surface area contributed by atoms with E-state index in [4.69, 9.17) is 0 Å². The molecule has 0 spiro atoms. The molecule has 0 saturated carbocycles. The Morgan fingerprint density at radius 1 is 1.15 bits per heavy atom. The average Bonchev–Trinajstić information content (AvgIpc) is 3.39. The summed E-state index contributed by atoms with van der Waals surface area (Å²) in [5, 5.41) is 20.4. The molecule has 10 heteroatoms. The molecule has 2 heterocycles. The van der Waals surface area contributed by atoms with Gasteiger partial charge in [0.25, 0.3) is 10.0 Å². The summed E-state index contributed by atoms with van der Waals surface area (Å²) >= 11 is 0.896. The number of carboxylic acids is 1. The molecule has 1 unspecified atom stereocenters. The fraction of sp³-hybridized carbons (Fsp3) is 0.125. The summed E-state index contributed by atoms with van der Waals surface area (Å²) < 4.78 is 42.7. The number of carboxylic acid groups (broad SMARTS) is 1. The molecular formula is C24H19FN2O5S2. The first kappa shape index (κ1) is 23.5. The molecule has 0 saturated heterocycles. The summed E-state index contributed by atoms with van der Waals surface area (Å²) in [7, 11) is -2.39. The summed E-state index contributed by atoms with van der Waals surface area (Å²) in [6.07, 6.45) is 1.51. The second-order valence-electron chi connectivity index (χ2n) is 7.53. The molecule has 0 aliphatic heterocycles. The minimum absolute atomic E-state index is 0.0114. The van der Waals surface area contributed by atoms with Crippen LogP contribution in [-0.4, -0.2) is 35.2 Å². The van der Waals surface area contributed by atoms with Gasteiger partial charge in [0.15, 0.2) is 0 Å². The number of fused-ring (bicyclic) bond motifs is 1. The van der Waals surface area contributed by atoms with Crippen molar-refractivity contribution in [3.8, 4) is 17.6 Å². The Bertz CT molecular complexity index is 1540. The second-order valence-corrected chi connectivity index (χ2v) is 10.6. The minimum Gasteiger partial charge on any atom is -0.507 e. The SMILES string of the molecule is Cn1cc(CC(NS(=O)(=O)c2ccc(C#Cc3ccc(F)cc3)s2)C(=O)O)c2c(O)cccc21. The number of phenolic OH excluding ortho intramolecular Hbond substituents is 1. The van der Waals surface area contributed by atoms with Crippen molar-refractivity contribution in [2.45, 2.75) is 16.7 Å². The zero-order chi connectivity index (χ0) is 24.5. The maximum absolute atomic E-state index is 13.0. The molecule has 0 amide bonds. The van der Waals surface area contributed by atoms with Gasteiger partial charge in [0.2, 0.25) is 0 Å². The Morgan fingerprint density at radius 2 is 1.88 bits per heavy atom. The molecule has 7 nitrogen and oxygen atoms in total. The van der Waals surface area contributed by atoms with Crippen LogP contribution in [0.4, 0.5) is 4.39 Å². The van der Waals surface area contributed by atoms with Crippen molar-refractivity contribution in [3.63, 3.8) is 0 Å². The van der Waals surface area contributed by atoms with Crippen LogP contribution in [0.15, 0.2) is 65.0 Å². The van der Waals surface area contributed by atoms with Gasteiger partial charge in [-0.15, -0.1) is 11.3 Å². The van der Waals surface area contributed by atoms with Crippen LogP contribution in [0.5, 0.6) is 5.75 Å². The number of carbonyl (C=O) groups is 1. The first-order chi connectivity index (χ1) is 16.1. The lowest BCUT2D eigenvalue weighted by Gasteiger charge is -2.14. The van der Waals surface area contributed by atoms with Crippen molar-refractivity contribution < 1.29 is 27.8 Å². The van der Waals surface area contributed by atoms with Gasteiger partial charge >= 0.3 is 5.97 Å². The number of phenols is 1. The highest BCUT2D eigenvalue weighted by Crippen LogP contribution is 2.30. The third-order valence-corrected chi connectivity index (χ3v) is 8.08. The van der Waals surface area contributed by atoms with Crippen molar-refractivity contribution in [2.75, 3.05) is 0 Å². The Kier molecular flexibility index (Phi) is 6.43. The number of aromatic hydroxyl groups is 1. The third-order valence-electron chi connectivity index (χ3n) is 5.11. The number of rotatable bonds is 6. The molecule has 4 rings (SSSR count). The Labute approximate surface area is 199 Å². The molecule has 2 aromatic carbocycles. The number of sulfonamides is 1. The maximum Gasteiger partial charge on any atom is 0.322 e. The van der Waals surface area contributed by atoms with Gasteiger partial charge in [-0.05, 0) is 54.1 Å². The van der Waals surface area contributed by atoms with E-state index in [1.54, 1.807) is 29.9 Å². The molecule has 3 N–H and O–H groups in total. The van der Waals surface area contributed by atoms with Gasteiger partial charge < -0.3 is 14.8 Å². The topological polar surface area (TPSA) is 109 Å². The predicted molar refractivity (Wildman–Crippen MR) is 127 cm³/mol. The zero-order valence-electron chi connectivity index (χ0n) is 17.8. The van der Waals surface area contributed by atoms with Gasteiger partial charge in [-0.3, -0.25) is 4.79 Å². The quantitative estimate of drug-likeness (QED) is 0.353. The number of halogens is 1. The van der Waals surface area contributed by atoms with Crippen LogP contribution in [0.2, 0.25) is 0 Å². The van der Waals surface area contributed by atoms with Crippen LogP contribution in [0.25, 0.3) is 10.9 Å². The van der Waals surface area contributed by atoms with Crippen LogP contribution >= 0.6 is 11.3 Å². The van der Waals surface area contributed by atoms with Gasteiger partial charge in [-0.1, -0.05) is 17.9 Å². The number of hydrogen-bond donors (Lipinski definition) is 3. The predicted octanol–water partition coefficient (Wildman–Crippen LogP) is 3.46. The van der Waals surface area contributed by atoms with Crippen LogP contribution < -0.4 is 4.72 Å². The number of nitrogens with one attached hydrogen (secondary N) is 1. The molecule has 1 atom stereocenters. The molecule has 0 fully saturated rings. The minimum atomic E-state index is -4.15.